The third kappa shape index (κ3) is 7.13. The van der Waals surface area contributed by atoms with Gasteiger partial charge in [0.2, 0.25) is 18.6 Å². The van der Waals surface area contributed by atoms with E-state index in [0.717, 1.165) is 28.0 Å². The zero-order valence-electron chi connectivity index (χ0n) is 21.9. The van der Waals surface area contributed by atoms with Crippen LogP contribution in [0.3, 0.4) is 0 Å². The fraction of sp³-hybridized carbons (Fsp3) is 0.355. The fourth-order valence-electron chi connectivity index (χ4n) is 4.44. The second kappa shape index (κ2) is 12.4. The molecule has 6 nitrogen and oxygen atoms in total. The average Bonchev–Trinajstić information content (AvgIpc) is 3.37. The van der Waals surface area contributed by atoms with Gasteiger partial charge in [0.1, 0.15) is 6.04 Å². The minimum Gasteiger partial charge on any atom is -0.454 e. The maximum absolute atomic E-state index is 13.8. The van der Waals surface area contributed by atoms with E-state index in [4.69, 9.17) is 9.47 Å². The summed E-state index contributed by atoms with van der Waals surface area (Å²) in [6, 6.07) is 23.1. The SMILES string of the molecule is Cc1ccccc1CN(C(=O)CCc1ccc2c(c1)OCO2)[C@@H](Cc1ccccc1)C(=O)NCC(C)C. The molecule has 1 aliphatic rings. The highest BCUT2D eigenvalue weighted by Gasteiger charge is 2.30. The van der Waals surface area contributed by atoms with Gasteiger partial charge in [-0.3, -0.25) is 9.59 Å². The Bertz CT molecular complexity index is 1210. The molecule has 1 aliphatic heterocycles. The predicted molar refractivity (Wildman–Crippen MR) is 144 cm³/mol. The first-order valence-corrected chi connectivity index (χ1v) is 12.9. The second-order valence-electron chi connectivity index (χ2n) is 9.98. The summed E-state index contributed by atoms with van der Waals surface area (Å²) in [6.45, 7) is 7.32. The number of hydrogen-bond acceptors (Lipinski definition) is 4. The molecule has 6 heteroatoms. The molecule has 194 valence electrons. The normalized spacial score (nSPS) is 12.9. The highest BCUT2D eigenvalue weighted by Crippen LogP contribution is 2.33. The van der Waals surface area contributed by atoms with Crippen LogP contribution >= 0.6 is 0 Å². The summed E-state index contributed by atoms with van der Waals surface area (Å²) in [4.78, 5) is 29.1. The van der Waals surface area contributed by atoms with Gasteiger partial charge in [0.05, 0.1) is 0 Å². The largest absolute Gasteiger partial charge is 0.454 e. The molecule has 1 atom stereocenters. The van der Waals surface area contributed by atoms with E-state index < -0.39 is 6.04 Å². The van der Waals surface area contributed by atoms with Crippen LogP contribution in [0.1, 0.15) is 42.5 Å². The Balaban J connectivity index is 1.60. The van der Waals surface area contributed by atoms with Gasteiger partial charge in [-0.1, -0.05) is 74.5 Å². The molecule has 0 radical (unpaired) electrons. The number of aryl methyl sites for hydroxylation is 2. The lowest BCUT2D eigenvalue weighted by Gasteiger charge is -2.32. The van der Waals surface area contributed by atoms with Crippen molar-refractivity contribution in [3.63, 3.8) is 0 Å². The number of ether oxygens (including phenoxy) is 2. The molecule has 1 N–H and O–H groups in total. The zero-order valence-corrected chi connectivity index (χ0v) is 21.9. The topological polar surface area (TPSA) is 67.9 Å². The molecule has 0 unspecified atom stereocenters. The molecule has 0 saturated heterocycles. The maximum atomic E-state index is 13.8. The van der Waals surface area contributed by atoms with Gasteiger partial charge in [0.15, 0.2) is 11.5 Å². The highest BCUT2D eigenvalue weighted by molar-refractivity contribution is 5.88. The summed E-state index contributed by atoms with van der Waals surface area (Å²) in [5.74, 6) is 1.56. The van der Waals surface area contributed by atoms with E-state index in [2.05, 4.69) is 19.2 Å². The minimum absolute atomic E-state index is 0.0541. The molecule has 37 heavy (non-hydrogen) atoms. The van der Waals surface area contributed by atoms with Gasteiger partial charge in [-0.25, -0.2) is 0 Å². The van der Waals surface area contributed by atoms with Crippen molar-refractivity contribution in [2.24, 2.45) is 5.92 Å². The summed E-state index contributed by atoms with van der Waals surface area (Å²) >= 11 is 0. The molecular formula is C31H36N2O4. The van der Waals surface area contributed by atoms with Gasteiger partial charge < -0.3 is 19.7 Å². The minimum atomic E-state index is -0.620. The number of fused-ring (bicyclic) bond motifs is 1. The Hall–Kier alpha value is -3.80. The van der Waals surface area contributed by atoms with Gasteiger partial charge in [-0.15, -0.1) is 0 Å². The van der Waals surface area contributed by atoms with E-state index in [0.29, 0.717) is 37.6 Å². The standard InChI is InChI=1S/C31H36N2O4/c1-22(2)19-32-31(35)27(17-24-10-5-4-6-11-24)33(20-26-12-8-7-9-23(26)3)30(34)16-14-25-13-15-28-29(18-25)37-21-36-28/h4-13,15,18,22,27H,14,16-17,19-21H2,1-3H3,(H,32,35)/t27-/m0/s1. The Morgan fingerprint density at radius 1 is 0.919 bits per heavy atom. The van der Waals surface area contributed by atoms with Crippen LogP contribution in [0.2, 0.25) is 0 Å². The molecule has 0 spiro atoms. The van der Waals surface area contributed by atoms with Crippen molar-refractivity contribution >= 4 is 11.8 Å². The van der Waals surface area contributed by atoms with Crippen LogP contribution in [0, 0.1) is 12.8 Å². The van der Waals surface area contributed by atoms with E-state index in [-0.39, 0.29) is 25.0 Å². The van der Waals surface area contributed by atoms with Crippen LogP contribution in [-0.4, -0.2) is 36.1 Å². The van der Waals surface area contributed by atoms with Crippen LogP contribution in [0.5, 0.6) is 11.5 Å². The first kappa shape index (κ1) is 26.3. The van der Waals surface area contributed by atoms with Gasteiger partial charge in [-0.2, -0.15) is 0 Å². The number of nitrogens with one attached hydrogen (secondary N) is 1. The molecule has 0 bridgehead atoms. The number of amides is 2. The molecule has 3 aromatic carbocycles. The summed E-state index contributed by atoms with van der Waals surface area (Å²) in [5, 5.41) is 3.08. The summed E-state index contributed by atoms with van der Waals surface area (Å²) in [5.41, 5.74) is 4.15. The molecule has 3 aromatic rings. The molecule has 0 fully saturated rings. The van der Waals surface area contributed by atoms with E-state index in [9.17, 15) is 9.59 Å². The smallest absolute Gasteiger partial charge is 0.243 e. The summed E-state index contributed by atoms with van der Waals surface area (Å²) < 4.78 is 10.9. The molecule has 0 saturated carbocycles. The van der Waals surface area contributed by atoms with Crippen LogP contribution < -0.4 is 14.8 Å². The lowest BCUT2D eigenvalue weighted by molar-refractivity contribution is -0.141. The number of nitrogens with zero attached hydrogens (tertiary/aromatic N) is 1. The van der Waals surface area contributed by atoms with Gasteiger partial charge in [0.25, 0.3) is 0 Å². The molecule has 2 amide bonds. The van der Waals surface area contributed by atoms with Crippen molar-refractivity contribution in [3.8, 4) is 11.5 Å². The number of rotatable bonds is 11. The number of benzene rings is 3. The Morgan fingerprint density at radius 3 is 2.41 bits per heavy atom. The van der Waals surface area contributed by atoms with Crippen molar-refractivity contribution in [2.45, 2.75) is 52.6 Å². The maximum Gasteiger partial charge on any atom is 0.243 e. The number of hydrogen-bond donors (Lipinski definition) is 1. The first-order chi connectivity index (χ1) is 17.9. The van der Waals surface area contributed by atoms with E-state index in [1.54, 1.807) is 4.90 Å². The van der Waals surface area contributed by atoms with Crippen LogP contribution in [-0.2, 0) is 29.0 Å². The summed E-state index contributed by atoms with van der Waals surface area (Å²) in [6.07, 6.45) is 1.28. The molecule has 0 aromatic heterocycles. The fourth-order valence-corrected chi connectivity index (χ4v) is 4.44. The summed E-state index contributed by atoms with van der Waals surface area (Å²) in [7, 11) is 0. The lowest BCUT2D eigenvalue weighted by atomic mass is 10.00. The van der Waals surface area contributed by atoms with Crippen molar-refractivity contribution in [2.75, 3.05) is 13.3 Å². The van der Waals surface area contributed by atoms with Crippen molar-refractivity contribution in [1.29, 1.82) is 0 Å². The monoisotopic (exact) mass is 500 g/mol. The Morgan fingerprint density at radius 2 is 1.65 bits per heavy atom. The highest BCUT2D eigenvalue weighted by atomic mass is 16.7. The van der Waals surface area contributed by atoms with E-state index in [1.165, 1.54) is 0 Å². The van der Waals surface area contributed by atoms with Crippen molar-refractivity contribution < 1.29 is 19.1 Å². The predicted octanol–water partition coefficient (Wildman–Crippen LogP) is 5.07. The zero-order chi connectivity index (χ0) is 26.2. The number of carbonyl (C=O) groups is 2. The first-order valence-electron chi connectivity index (χ1n) is 12.9. The average molecular weight is 501 g/mol. The van der Waals surface area contributed by atoms with E-state index >= 15 is 0 Å². The lowest BCUT2D eigenvalue weighted by Crippen LogP contribution is -2.51. The molecule has 4 rings (SSSR count). The molecular weight excluding hydrogens is 464 g/mol. The number of carbonyl (C=O) groups excluding carboxylic acids is 2. The third-order valence-electron chi connectivity index (χ3n) is 6.62. The molecule has 1 heterocycles. The van der Waals surface area contributed by atoms with Crippen LogP contribution in [0.15, 0.2) is 72.8 Å². The Kier molecular flexibility index (Phi) is 8.83. The second-order valence-corrected chi connectivity index (χ2v) is 9.98. The third-order valence-corrected chi connectivity index (χ3v) is 6.62. The quantitative estimate of drug-likeness (QED) is 0.399. The van der Waals surface area contributed by atoms with E-state index in [1.807, 2.05) is 79.7 Å². The van der Waals surface area contributed by atoms with Gasteiger partial charge >= 0.3 is 0 Å². The van der Waals surface area contributed by atoms with Crippen LogP contribution in [0.4, 0.5) is 0 Å². The molecule has 0 aliphatic carbocycles. The van der Waals surface area contributed by atoms with Crippen molar-refractivity contribution in [1.82, 2.24) is 10.2 Å². The van der Waals surface area contributed by atoms with Crippen molar-refractivity contribution in [3.05, 3.63) is 95.1 Å². The van der Waals surface area contributed by atoms with Gasteiger partial charge in [0, 0.05) is 25.9 Å². The Labute approximate surface area is 219 Å². The van der Waals surface area contributed by atoms with Gasteiger partial charge in [-0.05, 0) is 53.6 Å². The van der Waals surface area contributed by atoms with Crippen LogP contribution in [0.25, 0.3) is 0 Å².